The van der Waals surface area contributed by atoms with Crippen LogP contribution in [-0.4, -0.2) is 4.98 Å². The number of hydrogen-bond donors (Lipinski definition) is 2. The third-order valence-corrected chi connectivity index (χ3v) is 2.69. The van der Waals surface area contributed by atoms with Crippen molar-refractivity contribution < 1.29 is 0 Å². The molecule has 1 aromatic carbocycles. The zero-order valence-corrected chi connectivity index (χ0v) is 8.74. The van der Waals surface area contributed by atoms with Crippen LogP contribution in [0.5, 0.6) is 0 Å². The summed E-state index contributed by atoms with van der Waals surface area (Å²) in [5, 5.41) is 1.23. The highest BCUT2D eigenvalue weighted by molar-refractivity contribution is 5.79. The van der Waals surface area contributed by atoms with E-state index in [0.29, 0.717) is 0 Å². The first-order valence-electron chi connectivity index (χ1n) is 5.25. The molecule has 1 aromatic heterocycles. The fourth-order valence-electron chi connectivity index (χ4n) is 1.76. The van der Waals surface area contributed by atoms with Crippen LogP contribution in [0, 0.1) is 0 Å². The first-order valence-corrected chi connectivity index (χ1v) is 5.25. The zero-order valence-electron chi connectivity index (χ0n) is 8.74. The monoisotopic (exact) mass is 200 g/mol. The predicted octanol–water partition coefficient (Wildman–Crippen LogP) is 3.13. The number of H-pyrrole nitrogens is 1. The van der Waals surface area contributed by atoms with Gasteiger partial charge in [-0.05, 0) is 35.9 Å². The van der Waals surface area contributed by atoms with E-state index in [0.717, 1.165) is 18.4 Å². The topological polar surface area (TPSA) is 41.8 Å². The van der Waals surface area contributed by atoms with Gasteiger partial charge in [0.15, 0.2) is 0 Å². The molecule has 0 spiro atoms. The Kier molecular flexibility index (Phi) is 2.88. The van der Waals surface area contributed by atoms with Gasteiger partial charge in [0.05, 0.1) is 0 Å². The lowest BCUT2D eigenvalue weighted by Crippen LogP contribution is -2.09. The fourth-order valence-corrected chi connectivity index (χ4v) is 1.76. The molecule has 0 amide bonds. The minimum absolute atomic E-state index is 0.107. The van der Waals surface area contributed by atoms with Crippen molar-refractivity contribution in [2.45, 2.75) is 18.9 Å². The Morgan fingerprint density at radius 2 is 2.27 bits per heavy atom. The van der Waals surface area contributed by atoms with Crippen LogP contribution in [0.2, 0.25) is 0 Å². The van der Waals surface area contributed by atoms with Crippen LogP contribution in [-0.2, 0) is 0 Å². The summed E-state index contributed by atoms with van der Waals surface area (Å²) in [5.41, 5.74) is 8.42. The summed E-state index contributed by atoms with van der Waals surface area (Å²) < 4.78 is 0. The van der Waals surface area contributed by atoms with E-state index in [9.17, 15) is 0 Å². The van der Waals surface area contributed by atoms with Crippen LogP contribution >= 0.6 is 0 Å². The molecule has 0 radical (unpaired) electrons. The van der Waals surface area contributed by atoms with Crippen LogP contribution in [0.4, 0.5) is 0 Å². The molecule has 0 bridgehead atoms. The van der Waals surface area contributed by atoms with E-state index >= 15 is 0 Å². The van der Waals surface area contributed by atoms with Crippen molar-refractivity contribution in [3.05, 3.63) is 48.7 Å². The highest BCUT2D eigenvalue weighted by atomic mass is 14.7. The SMILES string of the molecule is C=CCC[C@@H](N)c1ccc2cc[nH]c2c1. The number of aromatic nitrogens is 1. The maximum absolute atomic E-state index is 6.08. The molecule has 2 heteroatoms. The molecule has 0 unspecified atom stereocenters. The molecule has 0 aliphatic rings. The zero-order chi connectivity index (χ0) is 10.7. The van der Waals surface area contributed by atoms with Gasteiger partial charge >= 0.3 is 0 Å². The van der Waals surface area contributed by atoms with Gasteiger partial charge in [-0.25, -0.2) is 0 Å². The number of hydrogen-bond acceptors (Lipinski definition) is 1. The summed E-state index contributed by atoms with van der Waals surface area (Å²) in [4.78, 5) is 3.20. The van der Waals surface area contributed by atoms with Crippen LogP contribution in [0.1, 0.15) is 24.4 Å². The Bertz CT molecular complexity index is 456. The average Bonchev–Trinajstić information content (AvgIpc) is 2.72. The molecule has 0 saturated heterocycles. The number of aromatic amines is 1. The molecule has 0 fully saturated rings. The lowest BCUT2D eigenvalue weighted by atomic mass is 10.0. The Labute approximate surface area is 89.8 Å². The van der Waals surface area contributed by atoms with Gasteiger partial charge in [-0.15, -0.1) is 6.58 Å². The standard InChI is InChI=1S/C13H16N2/c1-2-3-4-12(14)11-6-5-10-7-8-15-13(10)9-11/h2,5-9,12,15H,1,3-4,14H2/t12-/m1/s1. The second kappa shape index (κ2) is 4.32. The van der Waals surface area contributed by atoms with Gasteiger partial charge in [0.1, 0.15) is 0 Å². The molecule has 1 atom stereocenters. The minimum atomic E-state index is 0.107. The van der Waals surface area contributed by atoms with E-state index in [-0.39, 0.29) is 6.04 Å². The quantitative estimate of drug-likeness (QED) is 0.731. The van der Waals surface area contributed by atoms with Crippen molar-refractivity contribution in [1.82, 2.24) is 4.98 Å². The van der Waals surface area contributed by atoms with Crippen molar-refractivity contribution in [1.29, 1.82) is 0 Å². The summed E-state index contributed by atoms with van der Waals surface area (Å²) in [6.45, 7) is 3.71. The Hall–Kier alpha value is -1.54. The number of nitrogens with one attached hydrogen (secondary N) is 1. The molecule has 15 heavy (non-hydrogen) atoms. The molecule has 2 nitrogen and oxygen atoms in total. The largest absolute Gasteiger partial charge is 0.361 e. The third kappa shape index (κ3) is 2.10. The van der Waals surface area contributed by atoms with Crippen LogP contribution in [0.3, 0.4) is 0 Å². The number of nitrogens with two attached hydrogens (primary N) is 1. The van der Waals surface area contributed by atoms with Gasteiger partial charge in [-0.2, -0.15) is 0 Å². The van der Waals surface area contributed by atoms with Crippen molar-refractivity contribution in [3.63, 3.8) is 0 Å². The Balaban J connectivity index is 2.23. The average molecular weight is 200 g/mol. The summed E-state index contributed by atoms with van der Waals surface area (Å²) in [6.07, 6.45) is 5.77. The van der Waals surface area contributed by atoms with Crippen molar-refractivity contribution in [3.8, 4) is 0 Å². The van der Waals surface area contributed by atoms with Gasteiger partial charge in [-0.3, -0.25) is 0 Å². The molecule has 78 valence electrons. The predicted molar refractivity (Wildman–Crippen MR) is 64.7 cm³/mol. The molecule has 1 heterocycles. The maximum atomic E-state index is 6.08. The highest BCUT2D eigenvalue weighted by Crippen LogP contribution is 2.20. The lowest BCUT2D eigenvalue weighted by Gasteiger charge is -2.10. The van der Waals surface area contributed by atoms with Crippen molar-refractivity contribution >= 4 is 10.9 Å². The lowest BCUT2D eigenvalue weighted by molar-refractivity contribution is 0.662. The molecule has 0 aliphatic heterocycles. The second-order valence-electron chi connectivity index (χ2n) is 3.80. The molecule has 2 aromatic rings. The van der Waals surface area contributed by atoms with E-state index in [1.54, 1.807) is 0 Å². The first kappa shape index (κ1) is 9.99. The van der Waals surface area contributed by atoms with Crippen LogP contribution in [0.15, 0.2) is 43.1 Å². The molecule has 3 N–H and O–H groups in total. The van der Waals surface area contributed by atoms with Crippen molar-refractivity contribution in [2.75, 3.05) is 0 Å². The number of fused-ring (bicyclic) bond motifs is 1. The summed E-state index contributed by atoms with van der Waals surface area (Å²) in [7, 11) is 0. The van der Waals surface area contributed by atoms with E-state index in [4.69, 9.17) is 5.73 Å². The fraction of sp³-hybridized carbons (Fsp3) is 0.231. The van der Waals surface area contributed by atoms with E-state index < -0.39 is 0 Å². The van der Waals surface area contributed by atoms with Crippen LogP contribution < -0.4 is 5.73 Å². The third-order valence-electron chi connectivity index (χ3n) is 2.69. The molecular formula is C13H16N2. The first-order chi connectivity index (χ1) is 7.31. The minimum Gasteiger partial charge on any atom is -0.361 e. The van der Waals surface area contributed by atoms with Gasteiger partial charge in [0.2, 0.25) is 0 Å². The van der Waals surface area contributed by atoms with E-state index in [1.807, 2.05) is 12.3 Å². The normalized spacial score (nSPS) is 12.9. The van der Waals surface area contributed by atoms with Gasteiger partial charge in [0, 0.05) is 17.8 Å². The molecule has 0 saturated carbocycles. The summed E-state index contributed by atoms with van der Waals surface area (Å²) in [5.74, 6) is 0. The van der Waals surface area contributed by atoms with Gasteiger partial charge in [0.25, 0.3) is 0 Å². The number of rotatable bonds is 4. The van der Waals surface area contributed by atoms with Crippen LogP contribution in [0.25, 0.3) is 10.9 Å². The van der Waals surface area contributed by atoms with Gasteiger partial charge < -0.3 is 10.7 Å². The van der Waals surface area contributed by atoms with E-state index in [2.05, 4.69) is 35.8 Å². The Morgan fingerprint density at radius 3 is 3.07 bits per heavy atom. The van der Waals surface area contributed by atoms with Crippen molar-refractivity contribution in [2.24, 2.45) is 5.73 Å². The highest BCUT2D eigenvalue weighted by Gasteiger charge is 2.05. The Morgan fingerprint density at radius 1 is 1.40 bits per heavy atom. The summed E-state index contributed by atoms with van der Waals surface area (Å²) >= 11 is 0. The maximum Gasteiger partial charge on any atom is 0.0457 e. The smallest absolute Gasteiger partial charge is 0.0457 e. The van der Waals surface area contributed by atoms with Gasteiger partial charge in [-0.1, -0.05) is 18.2 Å². The molecular weight excluding hydrogens is 184 g/mol. The number of allylic oxidation sites excluding steroid dienone is 1. The number of benzene rings is 1. The second-order valence-corrected chi connectivity index (χ2v) is 3.80. The molecule has 0 aliphatic carbocycles. The summed E-state index contributed by atoms with van der Waals surface area (Å²) in [6, 6.07) is 8.51. The van der Waals surface area contributed by atoms with E-state index in [1.165, 1.54) is 10.9 Å². The molecule has 2 rings (SSSR count).